The van der Waals surface area contributed by atoms with Gasteiger partial charge in [0.05, 0.1) is 0 Å². The smallest absolute Gasteiger partial charge is 0.303 e. The van der Waals surface area contributed by atoms with Gasteiger partial charge in [0.1, 0.15) is 0 Å². The molecule has 0 saturated heterocycles. The number of hydrogen-bond donors (Lipinski definition) is 2. The van der Waals surface area contributed by atoms with E-state index in [9.17, 15) is 4.79 Å². The van der Waals surface area contributed by atoms with E-state index in [1.54, 1.807) is 0 Å². The minimum Gasteiger partial charge on any atom is -0.481 e. The number of aliphatic carboxylic acids is 2. The summed E-state index contributed by atoms with van der Waals surface area (Å²) in [5.74, 6) is -1.57. The van der Waals surface area contributed by atoms with Crippen molar-refractivity contribution < 1.29 is 19.8 Å². The van der Waals surface area contributed by atoms with Crippen molar-refractivity contribution in [1.82, 2.24) is 0 Å². The number of rotatable bonds is 3. The normalized spacial score (nSPS) is 8.83. The van der Waals surface area contributed by atoms with Crippen LogP contribution in [0.3, 0.4) is 0 Å². The first kappa shape index (κ1) is 13.3. The van der Waals surface area contributed by atoms with Gasteiger partial charge in [0, 0.05) is 13.3 Å². The molecule has 0 rings (SSSR count). The lowest BCUT2D eigenvalue weighted by Crippen LogP contribution is -1.91. The molecular weight excluding hydrogens is 160 g/mol. The van der Waals surface area contributed by atoms with Gasteiger partial charge in [-0.1, -0.05) is 12.2 Å². The second-order valence-corrected chi connectivity index (χ2v) is 2.02. The summed E-state index contributed by atoms with van der Waals surface area (Å²) in [5.41, 5.74) is 0. The van der Waals surface area contributed by atoms with E-state index in [4.69, 9.17) is 15.0 Å². The van der Waals surface area contributed by atoms with Gasteiger partial charge in [0.2, 0.25) is 0 Å². The third-order valence-corrected chi connectivity index (χ3v) is 0.761. The van der Waals surface area contributed by atoms with Gasteiger partial charge < -0.3 is 10.2 Å². The maximum absolute atomic E-state index is 9.84. The Kier molecular flexibility index (Phi) is 10.7. The van der Waals surface area contributed by atoms with E-state index in [2.05, 4.69) is 0 Å². The van der Waals surface area contributed by atoms with E-state index in [-0.39, 0.29) is 6.42 Å². The largest absolute Gasteiger partial charge is 0.481 e. The zero-order valence-electron chi connectivity index (χ0n) is 7.28. The van der Waals surface area contributed by atoms with Crippen molar-refractivity contribution in [1.29, 1.82) is 0 Å². The zero-order chi connectivity index (χ0) is 9.98. The standard InChI is InChI=1S/C6H10O2.C2H4O2/c1-2-3-4-5-6(7)8;1-2(3)4/h2-3H,4-5H2,1H3,(H,7,8);1H3,(H,3,4). The Morgan fingerprint density at radius 1 is 1.33 bits per heavy atom. The molecule has 0 amide bonds. The molecule has 4 heteroatoms. The second kappa shape index (κ2) is 9.68. The predicted molar refractivity (Wildman–Crippen MR) is 45.0 cm³/mol. The van der Waals surface area contributed by atoms with Gasteiger partial charge in [-0.05, 0) is 13.3 Å². The lowest BCUT2D eigenvalue weighted by Gasteiger charge is -1.83. The Balaban J connectivity index is 0. The van der Waals surface area contributed by atoms with Crippen LogP contribution in [0.25, 0.3) is 0 Å². The van der Waals surface area contributed by atoms with Crippen molar-refractivity contribution in [3.05, 3.63) is 12.2 Å². The van der Waals surface area contributed by atoms with Crippen molar-refractivity contribution >= 4 is 11.9 Å². The zero-order valence-corrected chi connectivity index (χ0v) is 7.28. The van der Waals surface area contributed by atoms with E-state index in [1.807, 2.05) is 19.1 Å². The summed E-state index contributed by atoms with van der Waals surface area (Å²) in [4.78, 5) is 18.8. The average molecular weight is 174 g/mol. The molecular formula is C8H14O4. The van der Waals surface area contributed by atoms with Crippen LogP contribution >= 0.6 is 0 Å². The molecule has 4 nitrogen and oxygen atoms in total. The van der Waals surface area contributed by atoms with Crippen LogP contribution in [-0.4, -0.2) is 22.2 Å². The molecule has 0 saturated carbocycles. The fourth-order valence-corrected chi connectivity index (χ4v) is 0.373. The van der Waals surface area contributed by atoms with E-state index >= 15 is 0 Å². The van der Waals surface area contributed by atoms with Crippen molar-refractivity contribution in [2.45, 2.75) is 26.7 Å². The highest BCUT2D eigenvalue weighted by Gasteiger charge is 1.89. The lowest BCUT2D eigenvalue weighted by molar-refractivity contribution is -0.137. The Morgan fingerprint density at radius 3 is 2.00 bits per heavy atom. The van der Waals surface area contributed by atoms with E-state index in [0.29, 0.717) is 6.42 Å². The third kappa shape index (κ3) is 37.8. The molecule has 0 aliphatic carbocycles. The molecule has 0 aromatic carbocycles. The van der Waals surface area contributed by atoms with Crippen LogP contribution in [0.1, 0.15) is 26.7 Å². The van der Waals surface area contributed by atoms with Gasteiger partial charge in [-0.15, -0.1) is 0 Å². The monoisotopic (exact) mass is 174 g/mol. The van der Waals surface area contributed by atoms with Gasteiger partial charge in [0.15, 0.2) is 0 Å². The summed E-state index contributed by atoms with van der Waals surface area (Å²) in [6.45, 7) is 2.96. The van der Waals surface area contributed by atoms with E-state index < -0.39 is 11.9 Å². The van der Waals surface area contributed by atoms with Crippen LogP contribution < -0.4 is 0 Å². The summed E-state index contributed by atoms with van der Waals surface area (Å²) in [5, 5.41) is 15.5. The summed E-state index contributed by atoms with van der Waals surface area (Å²) >= 11 is 0. The molecule has 0 spiro atoms. The molecule has 0 heterocycles. The molecule has 0 radical (unpaired) electrons. The van der Waals surface area contributed by atoms with Crippen LogP contribution in [0, 0.1) is 0 Å². The average Bonchev–Trinajstić information content (AvgIpc) is 1.86. The molecule has 0 aliphatic heterocycles. The molecule has 0 bridgehead atoms. The third-order valence-electron chi connectivity index (χ3n) is 0.761. The molecule has 0 aromatic rings. The molecule has 0 fully saturated rings. The summed E-state index contributed by atoms with van der Waals surface area (Å²) in [7, 11) is 0. The first-order valence-corrected chi connectivity index (χ1v) is 3.53. The van der Waals surface area contributed by atoms with Gasteiger partial charge in [0.25, 0.3) is 5.97 Å². The molecule has 12 heavy (non-hydrogen) atoms. The van der Waals surface area contributed by atoms with Crippen molar-refractivity contribution in [3.8, 4) is 0 Å². The topological polar surface area (TPSA) is 74.6 Å². The van der Waals surface area contributed by atoms with Crippen molar-refractivity contribution in [2.24, 2.45) is 0 Å². The number of carboxylic acid groups (broad SMARTS) is 2. The van der Waals surface area contributed by atoms with Crippen molar-refractivity contribution in [3.63, 3.8) is 0 Å². The van der Waals surface area contributed by atoms with Gasteiger partial charge >= 0.3 is 5.97 Å². The predicted octanol–water partition coefficient (Wildman–Crippen LogP) is 1.52. The Hall–Kier alpha value is -1.32. The van der Waals surface area contributed by atoms with Crippen LogP contribution in [0.15, 0.2) is 12.2 Å². The maximum atomic E-state index is 9.84. The number of carbonyl (C=O) groups is 2. The summed E-state index contributed by atoms with van der Waals surface area (Å²) < 4.78 is 0. The lowest BCUT2D eigenvalue weighted by atomic mass is 10.3. The van der Waals surface area contributed by atoms with Gasteiger partial charge in [-0.25, -0.2) is 0 Å². The van der Waals surface area contributed by atoms with Crippen molar-refractivity contribution in [2.75, 3.05) is 0 Å². The number of carboxylic acids is 2. The van der Waals surface area contributed by atoms with Crippen LogP contribution in [-0.2, 0) is 9.59 Å². The quantitative estimate of drug-likeness (QED) is 0.636. The number of hydrogen-bond acceptors (Lipinski definition) is 2. The van der Waals surface area contributed by atoms with Gasteiger partial charge in [-0.3, -0.25) is 9.59 Å². The molecule has 70 valence electrons. The van der Waals surface area contributed by atoms with E-state index in [0.717, 1.165) is 6.92 Å². The van der Waals surface area contributed by atoms with Crippen LogP contribution in [0.2, 0.25) is 0 Å². The van der Waals surface area contributed by atoms with Gasteiger partial charge in [-0.2, -0.15) is 0 Å². The second-order valence-electron chi connectivity index (χ2n) is 2.02. The Labute approximate surface area is 71.5 Å². The first-order valence-electron chi connectivity index (χ1n) is 3.53. The first-order chi connectivity index (χ1) is 5.50. The Bertz CT molecular complexity index is 156. The molecule has 0 aromatic heterocycles. The SMILES string of the molecule is CC(=O)O.CC=CCCC(=O)O. The highest BCUT2D eigenvalue weighted by atomic mass is 16.4. The minimum atomic E-state index is -0.833. The highest BCUT2D eigenvalue weighted by Crippen LogP contribution is 1.88. The maximum Gasteiger partial charge on any atom is 0.303 e. The molecule has 2 N–H and O–H groups in total. The van der Waals surface area contributed by atoms with Crippen LogP contribution in [0.4, 0.5) is 0 Å². The highest BCUT2D eigenvalue weighted by molar-refractivity contribution is 5.66. The fourth-order valence-electron chi connectivity index (χ4n) is 0.373. The van der Waals surface area contributed by atoms with Crippen LogP contribution in [0.5, 0.6) is 0 Å². The minimum absolute atomic E-state index is 0.240. The summed E-state index contributed by atoms with van der Waals surface area (Å²) in [6.07, 6.45) is 4.58. The fraction of sp³-hybridized carbons (Fsp3) is 0.500. The molecule has 0 atom stereocenters. The summed E-state index contributed by atoms with van der Waals surface area (Å²) in [6, 6.07) is 0. The molecule has 0 aliphatic rings. The van der Waals surface area contributed by atoms with E-state index in [1.165, 1.54) is 0 Å². The Morgan fingerprint density at radius 2 is 1.75 bits per heavy atom. The molecule has 0 unspecified atom stereocenters. The number of allylic oxidation sites excluding steroid dienone is 2.